The molecule has 3 aliphatic heterocycles. The van der Waals surface area contributed by atoms with Crippen molar-refractivity contribution in [2.75, 3.05) is 4.90 Å². The van der Waals surface area contributed by atoms with Crippen LogP contribution in [0, 0.1) is 17.3 Å². The zero-order valence-electron chi connectivity index (χ0n) is 19.0. The summed E-state index contributed by atoms with van der Waals surface area (Å²) in [6.07, 6.45) is 1.70. The van der Waals surface area contributed by atoms with E-state index in [1.807, 2.05) is 45.0 Å². The van der Waals surface area contributed by atoms with Gasteiger partial charge in [-0.25, -0.2) is 4.90 Å². The maximum absolute atomic E-state index is 13.7. The molecule has 2 saturated heterocycles. The van der Waals surface area contributed by atoms with E-state index in [4.69, 9.17) is 0 Å². The van der Waals surface area contributed by atoms with Gasteiger partial charge in [0.15, 0.2) is 11.6 Å². The lowest BCUT2D eigenvalue weighted by molar-refractivity contribution is -0.136. The lowest BCUT2D eigenvalue weighted by atomic mass is 9.79. The van der Waals surface area contributed by atoms with Gasteiger partial charge < -0.3 is 0 Å². The second kappa shape index (κ2) is 7.20. The molecule has 0 unspecified atom stereocenters. The van der Waals surface area contributed by atoms with Gasteiger partial charge >= 0.3 is 0 Å². The van der Waals surface area contributed by atoms with Crippen molar-refractivity contribution < 1.29 is 19.2 Å². The predicted octanol–water partition coefficient (Wildman–Crippen LogP) is 3.38. The van der Waals surface area contributed by atoms with Crippen molar-refractivity contribution in [2.24, 2.45) is 22.4 Å². The molecule has 0 aromatic heterocycles. The molecule has 0 spiro atoms. The van der Waals surface area contributed by atoms with E-state index in [9.17, 15) is 19.2 Å². The fourth-order valence-corrected chi connectivity index (χ4v) is 5.21. The monoisotopic (exact) mass is 443 g/mol. The number of anilines is 1. The number of imide groups is 1. The van der Waals surface area contributed by atoms with Gasteiger partial charge in [0.2, 0.25) is 11.8 Å². The standard InChI is InChI=1S/C26H25N3O4/c1-14(30)15-9-11-17(12-10-15)28-24(32)19-20(25(28)33)22(23(31)26(2,3)4)29-21(19)18-8-6-5-7-16(18)13-27-29/h5-13,19-22H,1-4H3/t19-,20+,21+,22+/m0/s1. The molecule has 0 bridgehead atoms. The number of Topliss-reactive ketones (excluding diaryl/α,β-unsaturated/α-hetero) is 2. The number of fused-ring (bicyclic) bond motifs is 5. The van der Waals surface area contributed by atoms with E-state index >= 15 is 0 Å². The molecular weight excluding hydrogens is 418 g/mol. The topological polar surface area (TPSA) is 87.1 Å². The Morgan fingerprint density at radius 3 is 2.18 bits per heavy atom. The van der Waals surface area contributed by atoms with Crippen LogP contribution in [-0.2, 0) is 14.4 Å². The average molecular weight is 444 g/mol. The predicted molar refractivity (Wildman–Crippen MR) is 123 cm³/mol. The van der Waals surface area contributed by atoms with Crippen molar-refractivity contribution in [3.8, 4) is 0 Å². The van der Waals surface area contributed by atoms with Crippen molar-refractivity contribution in [3.63, 3.8) is 0 Å². The van der Waals surface area contributed by atoms with E-state index in [1.54, 1.807) is 35.5 Å². The first-order valence-corrected chi connectivity index (χ1v) is 11.1. The van der Waals surface area contributed by atoms with Crippen LogP contribution in [0.15, 0.2) is 53.6 Å². The van der Waals surface area contributed by atoms with Gasteiger partial charge in [0, 0.05) is 11.0 Å². The average Bonchev–Trinajstić information content (AvgIpc) is 3.25. The van der Waals surface area contributed by atoms with Gasteiger partial charge in [0.1, 0.15) is 6.04 Å². The molecule has 2 amide bonds. The van der Waals surface area contributed by atoms with Gasteiger partial charge in [-0.1, -0.05) is 45.0 Å². The minimum Gasteiger partial charge on any atom is -0.297 e. The molecule has 4 atom stereocenters. The van der Waals surface area contributed by atoms with Crippen LogP contribution in [-0.4, -0.2) is 40.6 Å². The Morgan fingerprint density at radius 1 is 0.909 bits per heavy atom. The fraction of sp³-hybridized carbons (Fsp3) is 0.346. The van der Waals surface area contributed by atoms with E-state index in [1.165, 1.54) is 11.8 Å². The van der Waals surface area contributed by atoms with Crippen LogP contribution in [0.4, 0.5) is 5.69 Å². The zero-order chi connectivity index (χ0) is 23.7. The quantitative estimate of drug-likeness (QED) is 0.536. The van der Waals surface area contributed by atoms with Gasteiger partial charge in [-0.15, -0.1) is 0 Å². The number of amides is 2. The number of carbonyl (C=O) groups excluding carboxylic acids is 4. The Balaban J connectivity index is 1.63. The van der Waals surface area contributed by atoms with Crippen LogP contribution in [0.1, 0.15) is 55.2 Å². The molecule has 2 fully saturated rings. The molecule has 0 radical (unpaired) electrons. The Labute approximate surface area is 192 Å². The van der Waals surface area contributed by atoms with Gasteiger partial charge in [-0.05, 0) is 42.3 Å². The number of nitrogens with zero attached hydrogens (tertiary/aromatic N) is 3. The summed E-state index contributed by atoms with van der Waals surface area (Å²) in [6.45, 7) is 6.92. The molecule has 5 rings (SSSR count). The maximum atomic E-state index is 13.7. The van der Waals surface area contributed by atoms with Crippen LogP contribution in [0.3, 0.4) is 0 Å². The fourth-order valence-electron chi connectivity index (χ4n) is 5.21. The minimum atomic E-state index is -0.831. The maximum Gasteiger partial charge on any atom is 0.240 e. The number of ketones is 2. The molecule has 2 aromatic rings. The van der Waals surface area contributed by atoms with Gasteiger partial charge in [0.05, 0.1) is 29.8 Å². The number of rotatable bonds is 3. The number of carbonyl (C=O) groups is 4. The smallest absolute Gasteiger partial charge is 0.240 e. The molecule has 7 nitrogen and oxygen atoms in total. The van der Waals surface area contributed by atoms with E-state index in [-0.39, 0.29) is 17.5 Å². The highest BCUT2D eigenvalue weighted by atomic mass is 16.2. The number of benzene rings is 2. The van der Waals surface area contributed by atoms with Crippen LogP contribution < -0.4 is 4.90 Å². The second-order valence-electron chi connectivity index (χ2n) is 9.92. The van der Waals surface area contributed by atoms with Gasteiger partial charge in [-0.2, -0.15) is 5.10 Å². The molecule has 0 saturated carbocycles. The highest BCUT2D eigenvalue weighted by molar-refractivity contribution is 6.24. The molecule has 3 aliphatic rings. The second-order valence-corrected chi connectivity index (χ2v) is 9.92. The zero-order valence-corrected chi connectivity index (χ0v) is 19.0. The lowest BCUT2D eigenvalue weighted by Gasteiger charge is -2.35. The summed E-state index contributed by atoms with van der Waals surface area (Å²) in [6, 6.07) is 12.8. The molecule has 7 heteroatoms. The van der Waals surface area contributed by atoms with Crippen LogP contribution in [0.5, 0.6) is 0 Å². The van der Waals surface area contributed by atoms with Crippen LogP contribution in [0.25, 0.3) is 0 Å². The third-order valence-electron chi connectivity index (χ3n) is 6.83. The van der Waals surface area contributed by atoms with Crippen molar-refractivity contribution >= 4 is 35.3 Å². The van der Waals surface area contributed by atoms with E-state index in [2.05, 4.69) is 5.10 Å². The van der Waals surface area contributed by atoms with Crippen molar-refractivity contribution in [1.29, 1.82) is 0 Å². The minimum absolute atomic E-state index is 0.0966. The first-order chi connectivity index (χ1) is 15.6. The van der Waals surface area contributed by atoms with Crippen LogP contribution >= 0.6 is 0 Å². The van der Waals surface area contributed by atoms with Crippen molar-refractivity contribution in [1.82, 2.24) is 5.01 Å². The first kappa shape index (κ1) is 21.2. The highest BCUT2D eigenvalue weighted by Gasteiger charge is 2.66. The Bertz CT molecular complexity index is 1220. The molecule has 0 N–H and O–H groups in total. The third kappa shape index (κ3) is 3.06. The summed E-state index contributed by atoms with van der Waals surface area (Å²) in [5, 5.41) is 6.23. The highest BCUT2D eigenvalue weighted by Crippen LogP contribution is 2.53. The van der Waals surface area contributed by atoms with Gasteiger partial charge in [0.25, 0.3) is 0 Å². The Kier molecular flexibility index (Phi) is 4.64. The number of hydrogen-bond acceptors (Lipinski definition) is 6. The summed E-state index contributed by atoms with van der Waals surface area (Å²) >= 11 is 0. The molecule has 33 heavy (non-hydrogen) atoms. The van der Waals surface area contributed by atoms with Crippen LogP contribution in [0.2, 0.25) is 0 Å². The summed E-state index contributed by atoms with van der Waals surface area (Å²) < 4.78 is 0. The first-order valence-electron chi connectivity index (χ1n) is 11.1. The van der Waals surface area contributed by atoms with E-state index in [0.29, 0.717) is 11.3 Å². The lowest BCUT2D eigenvalue weighted by Crippen LogP contribution is -2.48. The molecule has 2 aromatic carbocycles. The summed E-state index contributed by atoms with van der Waals surface area (Å²) in [4.78, 5) is 53.9. The van der Waals surface area contributed by atoms with Gasteiger partial charge in [-0.3, -0.25) is 24.2 Å². The molecule has 168 valence electrons. The summed E-state index contributed by atoms with van der Waals surface area (Å²) in [7, 11) is 0. The van der Waals surface area contributed by atoms with E-state index in [0.717, 1.165) is 11.1 Å². The molecule has 0 aliphatic carbocycles. The molecule has 3 heterocycles. The third-order valence-corrected chi connectivity index (χ3v) is 6.83. The summed E-state index contributed by atoms with van der Waals surface area (Å²) in [5.41, 5.74) is 1.97. The SMILES string of the molecule is CC(=O)c1ccc(N2C(=O)[C@@H]3[C@H](C2=O)[C@H]2c4ccccc4C=NN2[C@H]3C(=O)C(C)(C)C)cc1. The number of hydrogen-bond donors (Lipinski definition) is 0. The Hall–Kier alpha value is -3.61. The largest absolute Gasteiger partial charge is 0.297 e. The normalized spacial score (nSPS) is 25.7. The number of hydrazone groups is 1. The van der Waals surface area contributed by atoms with Crippen molar-refractivity contribution in [3.05, 3.63) is 65.2 Å². The van der Waals surface area contributed by atoms with Crippen molar-refractivity contribution in [2.45, 2.75) is 39.8 Å². The van der Waals surface area contributed by atoms with E-state index < -0.39 is 35.2 Å². The Morgan fingerprint density at radius 2 is 1.55 bits per heavy atom. The summed E-state index contributed by atoms with van der Waals surface area (Å²) in [5.74, 6) is -2.51. The molecular formula is C26H25N3O4.